The summed E-state index contributed by atoms with van der Waals surface area (Å²) in [5.74, 6) is -0.849. The first kappa shape index (κ1) is 76.7. The Morgan fingerprint density at radius 1 is 0.388 bits per heavy atom. The van der Waals surface area contributed by atoms with Crippen LogP contribution in [0.1, 0.15) is 271 Å². The molecule has 0 fully saturated rings. The van der Waals surface area contributed by atoms with Crippen LogP contribution in [-0.2, 0) is 32.7 Å². The van der Waals surface area contributed by atoms with E-state index in [1.807, 2.05) is 21.1 Å². The number of unbranched alkanes of at least 4 members (excludes halogenated alkanes) is 27. The molecule has 0 aliphatic rings. The summed E-state index contributed by atoms with van der Waals surface area (Å²) in [5.41, 5.74) is 0. The van der Waals surface area contributed by atoms with Crippen molar-refractivity contribution in [3.8, 4) is 0 Å². The van der Waals surface area contributed by atoms with Crippen molar-refractivity contribution in [2.45, 2.75) is 277 Å². The van der Waals surface area contributed by atoms with E-state index < -0.39 is 32.5 Å². The number of quaternary nitrogens is 1. The summed E-state index contributed by atoms with van der Waals surface area (Å²) >= 11 is 0. The maximum atomic E-state index is 12.8. The highest BCUT2D eigenvalue weighted by atomic mass is 31.2. The Kier molecular flexibility index (Phi) is 57.8. The van der Waals surface area contributed by atoms with Crippen LogP contribution < -0.4 is 4.89 Å². The van der Waals surface area contributed by atoms with Crippen molar-refractivity contribution in [1.29, 1.82) is 0 Å². The highest BCUT2D eigenvalue weighted by Gasteiger charge is 2.22. The Labute approximate surface area is 493 Å². The van der Waals surface area contributed by atoms with Gasteiger partial charge < -0.3 is 27.9 Å². The summed E-state index contributed by atoms with van der Waals surface area (Å²) in [6.07, 6.45) is 84.6. The predicted molar refractivity (Wildman–Crippen MR) is 342 cm³/mol. The number of phosphoric acid groups is 1. The minimum atomic E-state index is -4.64. The Balaban J connectivity index is 3.93. The van der Waals surface area contributed by atoms with E-state index in [0.717, 1.165) is 109 Å². The monoisotopic (exact) mass is 1140 g/mol. The van der Waals surface area contributed by atoms with Gasteiger partial charge in [0.25, 0.3) is 7.82 Å². The topological polar surface area (TPSA) is 111 Å². The van der Waals surface area contributed by atoms with E-state index in [0.29, 0.717) is 23.9 Å². The lowest BCUT2D eigenvalue weighted by atomic mass is 10.0. The minimum Gasteiger partial charge on any atom is -0.756 e. The van der Waals surface area contributed by atoms with Crippen molar-refractivity contribution >= 4 is 19.8 Å². The first-order valence-electron chi connectivity index (χ1n) is 32.6. The van der Waals surface area contributed by atoms with Crippen molar-refractivity contribution in [2.75, 3.05) is 47.5 Å². The van der Waals surface area contributed by atoms with E-state index in [2.05, 4.69) is 123 Å². The number of hydrogen-bond acceptors (Lipinski definition) is 8. The predicted octanol–water partition coefficient (Wildman–Crippen LogP) is 20.3. The molecule has 0 saturated carbocycles. The van der Waals surface area contributed by atoms with Gasteiger partial charge in [-0.25, -0.2) is 0 Å². The number of esters is 2. The first-order valence-corrected chi connectivity index (χ1v) is 34.1. The van der Waals surface area contributed by atoms with Crippen LogP contribution >= 0.6 is 7.82 Å². The Morgan fingerprint density at radius 2 is 0.675 bits per heavy atom. The number of allylic oxidation sites excluding steroid dienone is 18. The Bertz CT molecular complexity index is 1720. The molecule has 0 aromatic heterocycles. The molecule has 0 N–H and O–H groups in total. The van der Waals surface area contributed by atoms with E-state index in [-0.39, 0.29) is 26.1 Å². The fourth-order valence-electron chi connectivity index (χ4n) is 8.85. The molecule has 0 rings (SSSR count). The summed E-state index contributed by atoms with van der Waals surface area (Å²) in [6.45, 7) is 4.00. The molecule has 0 bridgehead atoms. The van der Waals surface area contributed by atoms with Crippen LogP contribution in [0.4, 0.5) is 0 Å². The normalized spacial score (nSPS) is 13.9. The van der Waals surface area contributed by atoms with Gasteiger partial charge in [-0.2, -0.15) is 0 Å². The van der Waals surface area contributed by atoms with Gasteiger partial charge in [-0.1, -0.05) is 271 Å². The third-order valence-corrected chi connectivity index (χ3v) is 14.8. The van der Waals surface area contributed by atoms with Gasteiger partial charge in [-0.3, -0.25) is 14.2 Å². The second kappa shape index (κ2) is 60.3. The number of rotatable bonds is 59. The summed E-state index contributed by atoms with van der Waals surface area (Å²) in [7, 11) is 1.15. The van der Waals surface area contributed by atoms with Gasteiger partial charge in [-0.15, -0.1) is 0 Å². The third kappa shape index (κ3) is 63.8. The van der Waals surface area contributed by atoms with E-state index >= 15 is 0 Å². The number of carbonyl (C=O) groups is 2. The van der Waals surface area contributed by atoms with Crippen LogP contribution in [0.3, 0.4) is 0 Å². The number of ether oxygens (including phenoxy) is 2. The van der Waals surface area contributed by atoms with E-state index in [1.165, 1.54) is 122 Å². The van der Waals surface area contributed by atoms with Gasteiger partial charge in [0.2, 0.25) is 0 Å². The van der Waals surface area contributed by atoms with E-state index in [4.69, 9.17) is 18.5 Å². The summed E-state index contributed by atoms with van der Waals surface area (Å²) in [6, 6.07) is 0. The zero-order valence-corrected chi connectivity index (χ0v) is 53.1. The fourth-order valence-corrected chi connectivity index (χ4v) is 9.58. The molecule has 0 saturated heterocycles. The summed E-state index contributed by atoms with van der Waals surface area (Å²) < 4.78 is 34.2. The molecule has 0 aliphatic carbocycles. The van der Waals surface area contributed by atoms with Crippen LogP contribution in [0.15, 0.2) is 109 Å². The number of likely N-dealkylation sites (N-methyl/N-ethyl adjacent to an activating group) is 1. The van der Waals surface area contributed by atoms with Crippen LogP contribution in [0.2, 0.25) is 0 Å². The molecule has 0 heterocycles. The van der Waals surface area contributed by atoms with E-state index in [1.54, 1.807) is 0 Å². The van der Waals surface area contributed by atoms with Gasteiger partial charge in [0.1, 0.15) is 19.8 Å². The largest absolute Gasteiger partial charge is 0.756 e. The molecule has 0 spiro atoms. The Hall–Kier alpha value is -3.33. The summed E-state index contributed by atoms with van der Waals surface area (Å²) in [5, 5.41) is 0. The average molecular weight is 1140 g/mol. The molecule has 10 heteroatoms. The van der Waals surface area contributed by atoms with Gasteiger partial charge >= 0.3 is 11.9 Å². The van der Waals surface area contributed by atoms with Gasteiger partial charge in [0, 0.05) is 12.8 Å². The molecule has 9 nitrogen and oxygen atoms in total. The second-order valence-electron chi connectivity index (χ2n) is 22.7. The highest BCUT2D eigenvalue weighted by molar-refractivity contribution is 7.45. The van der Waals surface area contributed by atoms with Crippen LogP contribution in [0.25, 0.3) is 0 Å². The molecule has 0 aromatic rings. The van der Waals surface area contributed by atoms with Crippen molar-refractivity contribution in [3.05, 3.63) is 109 Å². The van der Waals surface area contributed by atoms with Crippen molar-refractivity contribution in [3.63, 3.8) is 0 Å². The molecule has 0 aromatic carbocycles. The third-order valence-electron chi connectivity index (χ3n) is 13.8. The molecule has 0 amide bonds. The molecule has 460 valence electrons. The van der Waals surface area contributed by atoms with Gasteiger partial charge in [0.05, 0.1) is 27.7 Å². The maximum absolute atomic E-state index is 12.8. The highest BCUT2D eigenvalue weighted by Crippen LogP contribution is 2.38. The van der Waals surface area contributed by atoms with Crippen LogP contribution in [-0.4, -0.2) is 70.0 Å². The Morgan fingerprint density at radius 3 is 1.00 bits per heavy atom. The van der Waals surface area contributed by atoms with E-state index in [9.17, 15) is 19.0 Å². The molecule has 2 unspecified atom stereocenters. The molecule has 80 heavy (non-hydrogen) atoms. The first-order chi connectivity index (χ1) is 39.0. The van der Waals surface area contributed by atoms with Crippen molar-refractivity contribution in [1.82, 2.24) is 0 Å². The van der Waals surface area contributed by atoms with Crippen LogP contribution in [0.5, 0.6) is 0 Å². The quantitative estimate of drug-likeness (QED) is 0.0195. The molecule has 0 radical (unpaired) electrons. The second-order valence-corrected chi connectivity index (χ2v) is 24.1. The minimum absolute atomic E-state index is 0.0362. The molecular weight excluding hydrogens is 1010 g/mol. The smallest absolute Gasteiger partial charge is 0.306 e. The number of carbonyl (C=O) groups excluding carboxylic acids is 2. The molecule has 0 aliphatic heterocycles. The summed E-state index contributed by atoms with van der Waals surface area (Å²) in [4.78, 5) is 37.9. The maximum Gasteiger partial charge on any atom is 0.306 e. The lowest BCUT2D eigenvalue weighted by Crippen LogP contribution is -2.37. The standard InChI is InChI=1S/C70H122NO8P/c1-6-8-10-12-14-16-18-20-22-23-24-25-26-27-28-29-30-31-32-33-34-35-36-37-38-39-40-41-42-43-44-45-46-47-49-51-53-55-57-59-61-63-70(73)79-68(67-78-80(74,75)77-65-64-71(3,4)5)66-76-69(72)62-60-58-56-54-52-50-48-21-19-17-15-13-11-9-7-2/h8-11,14-17,20-22,24-25,27-28,30-31,48,68H,6-7,12-13,18-19,23,26,29,32-47,49-67H2,1-5H3/b10-8-,11-9-,16-14-,17-15-,22-20-,25-24-,28-27-,31-30-,48-21-. The molecule has 2 atom stereocenters. The SMILES string of the molecule is CC/C=C\C/C=C\C/C=C\C/C=C\C/C=C\C/C=C\CCCCCCCCCCCCCCCCCCCCCCCCC(=O)OC(COC(=O)CCCCCCC/C=C\C/C=C\C/C=C\CC)COP(=O)([O-])OCC[N+](C)(C)C. The van der Waals surface area contributed by atoms with Crippen molar-refractivity contribution < 1.29 is 42.1 Å². The zero-order valence-electron chi connectivity index (χ0n) is 52.2. The van der Waals surface area contributed by atoms with Gasteiger partial charge in [-0.05, 0) is 96.3 Å². The lowest BCUT2D eigenvalue weighted by molar-refractivity contribution is -0.870. The van der Waals surface area contributed by atoms with Crippen LogP contribution in [0, 0.1) is 0 Å². The molecular formula is C70H122NO8P. The fraction of sp³-hybridized carbons (Fsp3) is 0.714. The average Bonchev–Trinajstić information content (AvgIpc) is 3.42. The number of phosphoric ester groups is 1. The zero-order chi connectivity index (χ0) is 58.4. The van der Waals surface area contributed by atoms with Crippen molar-refractivity contribution in [2.24, 2.45) is 0 Å². The number of nitrogens with zero attached hydrogens (tertiary/aromatic N) is 1. The lowest BCUT2D eigenvalue weighted by Gasteiger charge is -2.28. The number of hydrogen-bond donors (Lipinski definition) is 0. The van der Waals surface area contributed by atoms with Gasteiger partial charge in [0.15, 0.2) is 6.10 Å².